The summed E-state index contributed by atoms with van der Waals surface area (Å²) in [7, 11) is 1.60. The molecule has 0 spiro atoms. The average molecular weight is 294 g/mol. The van der Waals surface area contributed by atoms with Crippen LogP contribution in [0, 0.1) is 10.1 Å². The van der Waals surface area contributed by atoms with Crippen LogP contribution in [0.15, 0.2) is 12.3 Å². The van der Waals surface area contributed by atoms with Crippen molar-refractivity contribution >= 4 is 17.4 Å². The fourth-order valence-electron chi connectivity index (χ4n) is 2.33. The molecule has 8 nitrogen and oxygen atoms in total. The quantitative estimate of drug-likeness (QED) is 0.599. The van der Waals surface area contributed by atoms with Gasteiger partial charge in [-0.3, -0.25) is 14.9 Å². The number of nitrogens with one attached hydrogen (secondary N) is 1. The molecule has 0 aliphatic heterocycles. The largest absolute Gasteiger partial charge is 0.395 e. The van der Waals surface area contributed by atoms with Crippen LogP contribution in [0.4, 0.5) is 11.5 Å². The molecule has 1 aromatic heterocycles. The third kappa shape index (κ3) is 3.10. The molecule has 2 rings (SSSR count). The van der Waals surface area contributed by atoms with Gasteiger partial charge in [0.15, 0.2) is 0 Å². The second-order valence-corrected chi connectivity index (χ2v) is 4.90. The SMILES string of the molecule is CNc1ncc([N+](=O)[O-])cc1C(=O)N(CCO)C1CCC1. The zero-order chi connectivity index (χ0) is 15.4. The number of hydrogen-bond donors (Lipinski definition) is 2. The van der Waals surface area contributed by atoms with Gasteiger partial charge in [0.1, 0.15) is 12.0 Å². The van der Waals surface area contributed by atoms with Crippen molar-refractivity contribution in [1.82, 2.24) is 9.88 Å². The third-order valence-electron chi connectivity index (χ3n) is 3.67. The molecule has 1 saturated carbocycles. The molecule has 0 atom stereocenters. The van der Waals surface area contributed by atoms with Crippen molar-refractivity contribution in [2.24, 2.45) is 0 Å². The van der Waals surface area contributed by atoms with Gasteiger partial charge in [0.2, 0.25) is 0 Å². The highest BCUT2D eigenvalue weighted by atomic mass is 16.6. The summed E-state index contributed by atoms with van der Waals surface area (Å²) in [6.45, 7) is 0.0782. The van der Waals surface area contributed by atoms with Crippen LogP contribution in [-0.2, 0) is 0 Å². The fraction of sp³-hybridized carbons (Fsp3) is 0.538. The van der Waals surface area contributed by atoms with E-state index < -0.39 is 4.92 Å². The molecule has 2 N–H and O–H groups in total. The monoisotopic (exact) mass is 294 g/mol. The fourth-order valence-corrected chi connectivity index (χ4v) is 2.33. The molecule has 1 heterocycles. The zero-order valence-corrected chi connectivity index (χ0v) is 11.8. The number of aliphatic hydroxyl groups excluding tert-OH is 1. The second-order valence-electron chi connectivity index (χ2n) is 4.90. The van der Waals surface area contributed by atoms with Crippen LogP contribution >= 0.6 is 0 Å². The van der Waals surface area contributed by atoms with Gasteiger partial charge in [0.05, 0.1) is 17.1 Å². The maximum absolute atomic E-state index is 12.6. The Hall–Kier alpha value is -2.22. The van der Waals surface area contributed by atoms with E-state index in [2.05, 4.69) is 10.3 Å². The Morgan fingerprint density at radius 2 is 2.33 bits per heavy atom. The van der Waals surface area contributed by atoms with Crippen LogP contribution in [0.5, 0.6) is 0 Å². The number of hydrogen-bond acceptors (Lipinski definition) is 6. The molecule has 1 amide bonds. The van der Waals surface area contributed by atoms with Gasteiger partial charge in [-0.2, -0.15) is 0 Å². The summed E-state index contributed by atoms with van der Waals surface area (Å²) in [6.07, 6.45) is 3.94. The van der Waals surface area contributed by atoms with Crippen molar-refractivity contribution in [3.8, 4) is 0 Å². The van der Waals surface area contributed by atoms with Gasteiger partial charge in [-0.1, -0.05) is 0 Å². The van der Waals surface area contributed by atoms with Crippen molar-refractivity contribution in [1.29, 1.82) is 0 Å². The Labute approximate surface area is 121 Å². The smallest absolute Gasteiger partial charge is 0.288 e. The van der Waals surface area contributed by atoms with Crippen molar-refractivity contribution in [2.45, 2.75) is 25.3 Å². The number of carbonyl (C=O) groups is 1. The minimum Gasteiger partial charge on any atom is -0.395 e. The number of amides is 1. The molecule has 8 heteroatoms. The van der Waals surface area contributed by atoms with E-state index in [9.17, 15) is 14.9 Å². The number of nitrogens with zero attached hydrogens (tertiary/aromatic N) is 3. The lowest BCUT2D eigenvalue weighted by atomic mass is 9.91. The van der Waals surface area contributed by atoms with Crippen molar-refractivity contribution in [3.63, 3.8) is 0 Å². The first kappa shape index (κ1) is 15.2. The number of aliphatic hydroxyl groups is 1. The molecule has 0 unspecified atom stereocenters. The van der Waals surface area contributed by atoms with Crippen LogP contribution in [0.3, 0.4) is 0 Å². The van der Waals surface area contributed by atoms with E-state index >= 15 is 0 Å². The van der Waals surface area contributed by atoms with Crippen LogP contribution < -0.4 is 5.32 Å². The Kier molecular flexibility index (Phi) is 4.69. The van der Waals surface area contributed by atoms with Crippen LogP contribution in [-0.4, -0.2) is 52.1 Å². The Morgan fingerprint density at radius 3 is 2.81 bits per heavy atom. The predicted molar refractivity (Wildman–Crippen MR) is 76.2 cm³/mol. The molecule has 1 fully saturated rings. The van der Waals surface area contributed by atoms with Crippen LogP contribution in [0.1, 0.15) is 29.6 Å². The van der Waals surface area contributed by atoms with E-state index in [1.807, 2.05) is 0 Å². The summed E-state index contributed by atoms with van der Waals surface area (Å²) < 4.78 is 0. The Morgan fingerprint density at radius 1 is 1.62 bits per heavy atom. The number of anilines is 1. The summed E-state index contributed by atoms with van der Waals surface area (Å²) >= 11 is 0. The molecule has 0 saturated heterocycles. The van der Waals surface area contributed by atoms with Gasteiger partial charge >= 0.3 is 0 Å². The topological polar surface area (TPSA) is 109 Å². The van der Waals surface area contributed by atoms with E-state index in [4.69, 9.17) is 5.11 Å². The minimum atomic E-state index is -0.580. The van der Waals surface area contributed by atoms with Crippen molar-refractivity contribution in [2.75, 3.05) is 25.5 Å². The maximum Gasteiger partial charge on any atom is 0.288 e. The molecule has 1 aliphatic carbocycles. The number of aromatic nitrogens is 1. The third-order valence-corrected chi connectivity index (χ3v) is 3.67. The molecule has 0 aromatic carbocycles. The first-order valence-corrected chi connectivity index (χ1v) is 6.82. The Bertz CT molecular complexity index is 545. The number of rotatable bonds is 6. The maximum atomic E-state index is 12.6. The molecule has 0 bridgehead atoms. The summed E-state index contributed by atoms with van der Waals surface area (Å²) in [5.74, 6) is -0.0397. The summed E-state index contributed by atoms with van der Waals surface area (Å²) in [6, 6.07) is 1.32. The summed E-state index contributed by atoms with van der Waals surface area (Å²) in [5, 5.41) is 22.8. The molecule has 114 valence electrons. The van der Waals surface area contributed by atoms with Gasteiger partial charge in [0, 0.05) is 25.7 Å². The Balaban J connectivity index is 2.34. The summed E-state index contributed by atoms with van der Waals surface area (Å²) in [4.78, 5) is 28.4. The predicted octanol–water partition coefficient (Wildman–Crippen LogP) is 1.02. The van der Waals surface area contributed by atoms with Gasteiger partial charge in [-0.15, -0.1) is 0 Å². The molecule has 1 aromatic rings. The van der Waals surface area contributed by atoms with Gasteiger partial charge in [0.25, 0.3) is 11.6 Å². The standard InChI is InChI=1S/C13H18N4O4/c1-14-12-11(7-10(8-15-12)17(20)21)13(19)16(5-6-18)9-3-2-4-9/h7-9,18H,2-6H2,1H3,(H,14,15). The number of nitro groups is 1. The summed E-state index contributed by atoms with van der Waals surface area (Å²) in [5.41, 5.74) is -0.0676. The highest BCUT2D eigenvalue weighted by Gasteiger charge is 2.31. The molecular weight excluding hydrogens is 276 g/mol. The highest BCUT2D eigenvalue weighted by Crippen LogP contribution is 2.28. The molecule has 1 aliphatic rings. The van der Waals surface area contributed by atoms with Gasteiger partial charge < -0.3 is 15.3 Å². The average Bonchev–Trinajstić information content (AvgIpc) is 2.43. The first-order valence-electron chi connectivity index (χ1n) is 6.82. The highest BCUT2D eigenvalue weighted by molar-refractivity contribution is 5.99. The van der Waals surface area contributed by atoms with E-state index in [1.165, 1.54) is 6.07 Å². The number of carbonyl (C=O) groups excluding carboxylic acids is 1. The van der Waals surface area contributed by atoms with Crippen molar-refractivity contribution < 1.29 is 14.8 Å². The molecule has 0 radical (unpaired) electrons. The second kappa shape index (κ2) is 6.49. The van der Waals surface area contributed by atoms with Crippen LogP contribution in [0.25, 0.3) is 0 Å². The first-order chi connectivity index (χ1) is 10.1. The molecule has 21 heavy (non-hydrogen) atoms. The van der Waals surface area contributed by atoms with Gasteiger partial charge in [-0.25, -0.2) is 4.98 Å². The van der Waals surface area contributed by atoms with Crippen molar-refractivity contribution in [3.05, 3.63) is 27.9 Å². The van der Waals surface area contributed by atoms with E-state index in [-0.39, 0.29) is 36.4 Å². The lowest BCUT2D eigenvalue weighted by Gasteiger charge is -2.37. The number of pyridine rings is 1. The van der Waals surface area contributed by atoms with Crippen LogP contribution in [0.2, 0.25) is 0 Å². The zero-order valence-electron chi connectivity index (χ0n) is 11.8. The van der Waals surface area contributed by atoms with E-state index in [0.29, 0.717) is 5.82 Å². The lowest BCUT2D eigenvalue weighted by Crippen LogP contribution is -2.45. The lowest BCUT2D eigenvalue weighted by molar-refractivity contribution is -0.385. The minimum absolute atomic E-state index is 0.0913. The van der Waals surface area contributed by atoms with E-state index in [0.717, 1.165) is 25.5 Å². The normalized spacial score (nSPS) is 14.4. The molecular formula is C13H18N4O4. The van der Waals surface area contributed by atoms with Gasteiger partial charge in [-0.05, 0) is 19.3 Å². The van der Waals surface area contributed by atoms with E-state index in [1.54, 1.807) is 11.9 Å².